The highest BCUT2D eigenvalue weighted by molar-refractivity contribution is 6.27. The normalized spacial score (nSPS) is 11.5. The SMILES string of the molecule is CCCCCCc1ccc2c(OC(=O)CC)c3ccccc3c(-c3c4ccccc4c(OC(=O)CC)c4ccc(CCCCCC)cc34)c2c1. The summed E-state index contributed by atoms with van der Waals surface area (Å²) in [5, 5.41) is 7.84. The van der Waals surface area contributed by atoms with E-state index in [4.69, 9.17) is 9.47 Å². The second-order valence-corrected chi connectivity index (χ2v) is 13.5. The maximum Gasteiger partial charge on any atom is 0.310 e. The molecule has 4 nitrogen and oxygen atoms in total. The van der Waals surface area contributed by atoms with E-state index < -0.39 is 0 Å². The maximum atomic E-state index is 12.9. The highest BCUT2D eigenvalue weighted by Crippen LogP contribution is 2.50. The van der Waals surface area contributed by atoms with Gasteiger partial charge in [-0.25, -0.2) is 0 Å². The quantitative estimate of drug-likeness (QED) is 0.0474. The summed E-state index contributed by atoms with van der Waals surface area (Å²) in [7, 11) is 0. The Hall–Kier alpha value is -4.70. The van der Waals surface area contributed by atoms with Gasteiger partial charge >= 0.3 is 11.9 Å². The average Bonchev–Trinajstić information content (AvgIpc) is 3.15. The van der Waals surface area contributed by atoms with Gasteiger partial charge < -0.3 is 9.47 Å². The summed E-state index contributed by atoms with van der Waals surface area (Å²) in [5.41, 5.74) is 4.77. The molecule has 0 bridgehead atoms. The van der Waals surface area contributed by atoms with Crippen molar-refractivity contribution in [2.45, 2.75) is 105 Å². The Morgan fingerprint density at radius 2 is 0.820 bits per heavy atom. The Morgan fingerprint density at radius 1 is 0.440 bits per heavy atom. The number of esters is 2. The smallest absolute Gasteiger partial charge is 0.310 e. The van der Waals surface area contributed by atoms with Crippen LogP contribution in [0, 0.1) is 0 Å². The molecule has 6 rings (SSSR count). The predicted molar refractivity (Wildman–Crippen MR) is 209 cm³/mol. The fraction of sp³-hybridized carbons (Fsp3) is 0.348. The molecule has 0 amide bonds. The van der Waals surface area contributed by atoms with Crippen LogP contribution in [0.4, 0.5) is 0 Å². The first-order chi connectivity index (χ1) is 24.5. The van der Waals surface area contributed by atoms with E-state index in [-0.39, 0.29) is 11.9 Å². The number of benzene rings is 6. The number of hydrogen-bond acceptors (Lipinski definition) is 4. The van der Waals surface area contributed by atoms with Crippen LogP contribution in [0.3, 0.4) is 0 Å². The van der Waals surface area contributed by atoms with Crippen molar-refractivity contribution < 1.29 is 19.1 Å². The zero-order chi connectivity index (χ0) is 35.0. The lowest BCUT2D eigenvalue weighted by atomic mass is 9.84. The monoisotopic (exact) mass is 666 g/mol. The average molecular weight is 667 g/mol. The Labute approximate surface area is 296 Å². The number of carbonyl (C=O) groups is 2. The van der Waals surface area contributed by atoms with E-state index >= 15 is 0 Å². The van der Waals surface area contributed by atoms with Gasteiger partial charge in [0.25, 0.3) is 0 Å². The van der Waals surface area contributed by atoms with Gasteiger partial charge in [0, 0.05) is 34.4 Å². The molecule has 0 heterocycles. The number of carbonyl (C=O) groups excluding carboxylic acids is 2. The van der Waals surface area contributed by atoms with Crippen LogP contribution >= 0.6 is 0 Å². The second kappa shape index (κ2) is 16.3. The highest BCUT2D eigenvalue weighted by Gasteiger charge is 2.24. The Balaban J connectivity index is 1.73. The van der Waals surface area contributed by atoms with E-state index in [1.54, 1.807) is 0 Å². The number of hydrogen-bond donors (Lipinski definition) is 0. The van der Waals surface area contributed by atoms with Crippen LogP contribution < -0.4 is 9.47 Å². The highest BCUT2D eigenvalue weighted by atomic mass is 16.5. The fourth-order valence-electron chi connectivity index (χ4n) is 7.32. The van der Waals surface area contributed by atoms with Crippen LogP contribution in [0.5, 0.6) is 11.5 Å². The second-order valence-electron chi connectivity index (χ2n) is 13.5. The first kappa shape index (κ1) is 35.1. The molecule has 50 heavy (non-hydrogen) atoms. The van der Waals surface area contributed by atoms with Crippen molar-refractivity contribution >= 4 is 55.0 Å². The minimum atomic E-state index is -0.251. The van der Waals surface area contributed by atoms with Crippen molar-refractivity contribution in [2.24, 2.45) is 0 Å². The largest absolute Gasteiger partial charge is 0.425 e. The van der Waals surface area contributed by atoms with Gasteiger partial charge in [0.1, 0.15) is 11.5 Å². The van der Waals surface area contributed by atoms with Gasteiger partial charge in [0.2, 0.25) is 0 Å². The molecule has 0 spiro atoms. The lowest BCUT2D eigenvalue weighted by Crippen LogP contribution is -2.08. The molecule has 0 aromatic heterocycles. The Kier molecular flexibility index (Phi) is 11.5. The summed E-state index contributed by atoms with van der Waals surface area (Å²) in [6.45, 7) is 8.15. The molecule has 0 aliphatic heterocycles. The molecule has 0 radical (unpaired) electrons. The Morgan fingerprint density at radius 3 is 1.20 bits per heavy atom. The van der Waals surface area contributed by atoms with Crippen molar-refractivity contribution in [3.63, 3.8) is 0 Å². The van der Waals surface area contributed by atoms with Gasteiger partial charge in [0.05, 0.1) is 0 Å². The van der Waals surface area contributed by atoms with Gasteiger partial charge in [-0.15, -0.1) is 0 Å². The molecule has 0 unspecified atom stereocenters. The minimum Gasteiger partial charge on any atom is -0.425 e. The maximum absolute atomic E-state index is 12.9. The predicted octanol–water partition coefficient (Wildman–Crippen LogP) is 12.8. The molecule has 4 heteroatoms. The topological polar surface area (TPSA) is 52.6 Å². The molecule has 0 N–H and O–H groups in total. The van der Waals surface area contributed by atoms with Gasteiger partial charge in [-0.1, -0.05) is 151 Å². The molecule has 0 aliphatic carbocycles. The molecular formula is C46H50O4. The zero-order valence-electron chi connectivity index (χ0n) is 30.2. The first-order valence-corrected chi connectivity index (χ1v) is 18.8. The summed E-state index contributed by atoms with van der Waals surface area (Å²) in [6, 6.07) is 30.0. The zero-order valence-corrected chi connectivity index (χ0v) is 30.2. The summed E-state index contributed by atoms with van der Waals surface area (Å²) in [5.74, 6) is 0.724. The summed E-state index contributed by atoms with van der Waals surface area (Å²) in [4.78, 5) is 25.8. The van der Waals surface area contributed by atoms with E-state index in [1.807, 2.05) is 26.0 Å². The van der Waals surface area contributed by atoms with Gasteiger partial charge in [0.15, 0.2) is 0 Å². The molecule has 6 aromatic rings. The third-order valence-electron chi connectivity index (χ3n) is 9.98. The lowest BCUT2D eigenvalue weighted by Gasteiger charge is -2.22. The van der Waals surface area contributed by atoms with E-state index in [2.05, 4.69) is 86.6 Å². The molecule has 0 atom stereocenters. The molecule has 0 saturated heterocycles. The van der Waals surface area contributed by atoms with Gasteiger partial charge in [-0.05, 0) is 69.5 Å². The fourth-order valence-corrected chi connectivity index (χ4v) is 7.32. The van der Waals surface area contributed by atoms with E-state index in [0.29, 0.717) is 24.3 Å². The van der Waals surface area contributed by atoms with E-state index in [1.165, 1.54) is 49.7 Å². The van der Waals surface area contributed by atoms with Crippen LogP contribution in [0.1, 0.15) is 103 Å². The van der Waals surface area contributed by atoms with Crippen LogP contribution in [-0.2, 0) is 22.4 Å². The Bertz CT molecular complexity index is 2000. The van der Waals surface area contributed by atoms with Crippen LogP contribution in [0.15, 0.2) is 84.9 Å². The minimum absolute atomic E-state index is 0.251. The number of unbranched alkanes of at least 4 members (excludes halogenated alkanes) is 6. The lowest BCUT2D eigenvalue weighted by molar-refractivity contribution is -0.134. The number of fused-ring (bicyclic) bond motifs is 4. The van der Waals surface area contributed by atoms with Crippen molar-refractivity contribution in [2.75, 3.05) is 0 Å². The van der Waals surface area contributed by atoms with Crippen molar-refractivity contribution in [1.82, 2.24) is 0 Å². The number of aryl methyl sites for hydroxylation is 2. The van der Waals surface area contributed by atoms with Crippen molar-refractivity contribution in [3.05, 3.63) is 96.1 Å². The molecule has 0 saturated carbocycles. The number of rotatable bonds is 15. The van der Waals surface area contributed by atoms with E-state index in [0.717, 1.165) is 79.9 Å². The van der Waals surface area contributed by atoms with Crippen molar-refractivity contribution in [1.29, 1.82) is 0 Å². The molecule has 6 aromatic carbocycles. The molecule has 258 valence electrons. The van der Waals surface area contributed by atoms with Gasteiger partial charge in [-0.2, -0.15) is 0 Å². The van der Waals surface area contributed by atoms with Crippen molar-refractivity contribution in [3.8, 4) is 22.6 Å². The molecule has 0 fully saturated rings. The third kappa shape index (κ3) is 7.26. The van der Waals surface area contributed by atoms with Gasteiger partial charge in [-0.3, -0.25) is 9.59 Å². The number of ether oxygens (including phenoxy) is 2. The molecule has 0 aliphatic rings. The summed E-state index contributed by atoms with van der Waals surface area (Å²) >= 11 is 0. The van der Waals surface area contributed by atoms with Crippen LogP contribution in [-0.4, -0.2) is 11.9 Å². The molecular weight excluding hydrogens is 617 g/mol. The summed E-state index contributed by atoms with van der Waals surface area (Å²) in [6.07, 6.45) is 12.1. The van der Waals surface area contributed by atoms with Crippen LogP contribution in [0.25, 0.3) is 54.2 Å². The third-order valence-corrected chi connectivity index (χ3v) is 9.98. The van der Waals surface area contributed by atoms with E-state index in [9.17, 15) is 9.59 Å². The van der Waals surface area contributed by atoms with Crippen LogP contribution in [0.2, 0.25) is 0 Å². The standard InChI is InChI=1S/C46H50O4/c1-5-9-11-13-19-31-25-27-37-39(29-31)43(33-21-15-17-23-35(33)45(37)49-41(47)7-3)44-34-22-16-18-24-36(34)46(50-42(48)8-4)38-28-26-32(30-40(38)44)20-14-12-10-6-2/h15-18,21-30H,5-14,19-20H2,1-4H3. The first-order valence-electron chi connectivity index (χ1n) is 18.8. The summed E-state index contributed by atoms with van der Waals surface area (Å²) < 4.78 is 12.3.